The first-order valence-corrected chi connectivity index (χ1v) is 7.32. The summed E-state index contributed by atoms with van der Waals surface area (Å²) in [7, 11) is 0. The third kappa shape index (κ3) is 3.71. The molecule has 2 aliphatic heterocycles. The van der Waals surface area contributed by atoms with Crippen LogP contribution in [0.4, 0.5) is 0 Å². The van der Waals surface area contributed by atoms with Gasteiger partial charge in [0.05, 0.1) is 0 Å². The monoisotopic (exact) mass is 277 g/mol. The first-order valence-electron chi connectivity index (χ1n) is 7.32. The number of likely N-dealkylation sites (tertiary alicyclic amines) is 1. The van der Waals surface area contributed by atoms with Gasteiger partial charge < -0.3 is 15.5 Å². The maximum atomic E-state index is 12.3. The number of carbonyl (C=O) groups is 1. The molecule has 2 aliphatic rings. The standard InChI is InChI=1S/C14H23N5O/c15-3-6-17-7-9-19(10-8-17)14(20)13(11-16)12-18-4-1-2-5-18/h12H,1-10,15H2/b13-12-. The number of piperazine rings is 1. The number of rotatable bonds is 4. The predicted molar refractivity (Wildman–Crippen MR) is 76.6 cm³/mol. The summed E-state index contributed by atoms with van der Waals surface area (Å²) < 4.78 is 0. The van der Waals surface area contributed by atoms with Gasteiger partial charge in [-0.25, -0.2) is 0 Å². The summed E-state index contributed by atoms with van der Waals surface area (Å²) in [6, 6.07) is 2.06. The van der Waals surface area contributed by atoms with E-state index in [-0.39, 0.29) is 11.5 Å². The zero-order chi connectivity index (χ0) is 14.4. The largest absolute Gasteiger partial charge is 0.376 e. The van der Waals surface area contributed by atoms with Crippen molar-refractivity contribution in [3.8, 4) is 6.07 Å². The molecule has 0 aromatic heterocycles. The van der Waals surface area contributed by atoms with Crippen molar-refractivity contribution in [2.24, 2.45) is 5.73 Å². The van der Waals surface area contributed by atoms with Gasteiger partial charge in [0.25, 0.3) is 5.91 Å². The van der Waals surface area contributed by atoms with Gasteiger partial charge in [-0.1, -0.05) is 0 Å². The molecule has 20 heavy (non-hydrogen) atoms. The maximum Gasteiger partial charge on any atom is 0.266 e. The first-order chi connectivity index (χ1) is 9.74. The molecule has 2 rings (SSSR count). The van der Waals surface area contributed by atoms with Crippen LogP contribution in [0, 0.1) is 11.3 Å². The lowest BCUT2D eigenvalue weighted by Gasteiger charge is -2.34. The molecule has 0 bridgehead atoms. The molecule has 2 saturated heterocycles. The number of carbonyl (C=O) groups excluding carboxylic acids is 1. The highest BCUT2D eigenvalue weighted by Gasteiger charge is 2.24. The van der Waals surface area contributed by atoms with Crippen molar-refractivity contribution in [3.05, 3.63) is 11.8 Å². The highest BCUT2D eigenvalue weighted by atomic mass is 16.2. The van der Waals surface area contributed by atoms with Crippen LogP contribution in [0.2, 0.25) is 0 Å². The SMILES string of the molecule is N#C/C(=C/N1CCCC1)C(=O)N1CCN(CCN)CC1. The Bertz CT molecular complexity index is 400. The van der Waals surface area contributed by atoms with E-state index in [1.165, 1.54) is 0 Å². The number of hydrogen-bond donors (Lipinski definition) is 1. The number of amides is 1. The normalized spacial score (nSPS) is 21.1. The number of nitriles is 1. The smallest absolute Gasteiger partial charge is 0.266 e. The van der Waals surface area contributed by atoms with Crippen molar-refractivity contribution in [1.29, 1.82) is 5.26 Å². The molecule has 0 atom stereocenters. The third-order valence-electron chi connectivity index (χ3n) is 3.91. The van der Waals surface area contributed by atoms with Crippen LogP contribution >= 0.6 is 0 Å². The Morgan fingerprint density at radius 3 is 2.35 bits per heavy atom. The second kappa shape index (κ2) is 7.27. The summed E-state index contributed by atoms with van der Waals surface area (Å²) in [5.74, 6) is -0.133. The second-order valence-corrected chi connectivity index (χ2v) is 5.32. The third-order valence-corrected chi connectivity index (χ3v) is 3.91. The molecule has 2 N–H and O–H groups in total. The fourth-order valence-electron chi connectivity index (χ4n) is 2.71. The van der Waals surface area contributed by atoms with Crippen molar-refractivity contribution >= 4 is 5.91 Å². The average molecular weight is 277 g/mol. The molecule has 0 aliphatic carbocycles. The molecule has 6 heteroatoms. The van der Waals surface area contributed by atoms with Crippen molar-refractivity contribution in [1.82, 2.24) is 14.7 Å². The van der Waals surface area contributed by atoms with Gasteiger partial charge >= 0.3 is 0 Å². The molecule has 0 aromatic carbocycles. The van der Waals surface area contributed by atoms with E-state index in [1.54, 1.807) is 11.1 Å². The van der Waals surface area contributed by atoms with Crippen LogP contribution in [-0.2, 0) is 4.79 Å². The highest BCUT2D eigenvalue weighted by molar-refractivity contribution is 5.97. The fraction of sp³-hybridized carbons (Fsp3) is 0.714. The van der Waals surface area contributed by atoms with Crippen LogP contribution in [0.1, 0.15) is 12.8 Å². The molecular weight excluding hydrogens is 254 g/mol. The van der Waals surface area contributed by atoms with Crippen molar-refractivity contribution < 1.29 is 4.79 Å². The van der Waals surface area contributed by atoms with Crippen LogP contribution in [0.3, 0.4) is 0 Å². The van der Waals surface area contributed by atoms with E-state index in [4.69, 9.17) is 5.73 Å². The minimum atomic E-state index is -0.133. The summed E-state index contributed by atoms with van der Waals surface area (Å²) >= 11 is 0. The molecule has 0 radical (unpaired) electrons. The Hall–Kier alpha value is -1.58. The minimum Gasteiger partial charge on any atom is -0.376 e. The van der Waals surface area contributed by atoms with Crippen LogP contribution in [0.5, 0.6) is 0 Å². The summed E-state index contributed by atoms with van der Waals surface area (Å²) in [5, 5.41) is 9.20. The Morgan fingerprint density at radius 2 is 1.80 bits per heavy atom. The molecular formula is C14H23N5O. The van der Waals surface area contributed by atoms with Gasteiger partial charge in [-0.3, -0.25) is 9.69 Å². The zero-order valence-electron chi connectivity index (χ0n) is 11.9. The fourth-order valence-corrected chi connectivity index (χ4v) is 2.71. The molecule has 0 unspecified atom stereocenters. The Morgan fingerprint density at radius 1 is 1.15 bits per heavy atom. The zero-order valence-corrected chi connectivity index (χ0v) is 11.9. The van der Waals surface area contributed by atoms with Gasteiger partial charge in [-0.2, -0.15) is 5.26 Å². The van der Waals surface area contributed by atoms with E-state index in [9.17, 15) is 10.1 Å². The summed E-state index contributed by atoms with van der Waals surface area (Å²) in [6.45, 7) is 6.45. The summed E-state index contributed by atoms with van der Waals surface area (Å²) in [6.07, 6.45) is 4.02. The van der Waals surface area contributed by atoms with Gasteiger partial charge in [0.1, 0.15) is 11.6 Å². The summed E-state index contributed by atoms with van der Waals surface area (Å²) in [5.41, 5.74) is 5.80. The Balaban J connectivity index is 1.91. The Kier molecular flexibility index (Phi) is 5.39. The number of nitrogens with two attached hydrogens (primary N) is 1. The van der Waals surface area contributed by atoms with Gasteiger partial charge in [0, 0.05) is 58.6 Å². The molecule has 2 heterocycles. The van der Waals surface area contributed by atoms with Crippen molar-refractivity contribution in [2.45, 2.75) is 12.8 Å². The number of hydrogen-bond acceptors (Lipinski definition) is 5. The van der Waals surface area contributed by atoms with Gasteiger partial charge in [-0.15, -0.1) is 0 Å². The second-order valence-electron chi connectivity index (χ2n) is 5.32. The van der Waals surface area contributed by atoms with Crippen LogP contribution < -0.4 is 5.73 Å². The molecule has 110 valence electrons. The van der Waals surface area contributed by atoms with E-state index < -0.39 is 0 Å². The predicted octanol–water partition coefficient (Wildman–Crippen LogP) is -0.407. The molecule has 6 nitrogen and oxygen atoms in total. The molecule has 1 amide bonds. The van der Waals surface area contributed by atoms with Gasteiger partial charge in [-0.05, 0) is 12.8 Å². The van der Waals surface area contributed by atoms with E-state index >= 15 is 0 Å². The lowest BCUT2D eigenvalue weighted by atomic mass is 10.2. The highest BCUT2D eigenvalue weighted by Crippen LogP contribution is 2.12. The van der Waals surface area contributed by atoms with Crippen molar-refractivity contribution in [3.63, 3.8) is 0 Å². The van der Waals surface area contributed by atoms with E-state index in [0.29, 0.717) is 19.6 Å². The number of nitrogens with zero attached hydrogens (tertiary/aromatic N) is 4. The van der Waals surface area contributed by atoms with E-state index in [1.807, 2.05) is 0 Å². The Labute approximate surface area is 120 Å². The van der Waals surface area contributed by atoms with Crippen LogP contribution in [0.25, 0.3) is 0 Å². The minimum absolute atomic E-state index is 0.133. The topological polar surface area (TPSA) is 76.6 Å². The van der Waals surface area contributed by atoms with E-state index in [0.717, 1.165) is 45.6 Å². The van der Waals surface area contributed by atoms with E-state index in [2.05, 4.69) is 15.9 Å². The molecule has 0 aromatic rings. The van der Waals surface area contributed by atoms with Crippen molar-refractivity contribution in [2.75, 3.05) is 52.4 Å². The molecule has 0 spiro atoms. The van der Waals surface area contributed by atoms with Crippen LogP contribution in [-0.4, -0.2) is 73.0 Å². The van der Waals surface area contributed by atoms with Gasteiger partial charge in [0.15, 0.2) is 0 Å². The average Bonchev–Trinajstić information content (AvgIpc) is 2.98. The lowest BCUT2D eigenvalue weighted by Crippen LogP contribution is -2.50. The molecule has 2 fully saturated rings. The lowest BCUT2D eigenvalue weighted by molar-refractivity contribution is -0.128. The quantitative estimate of drug-likeness (QED) is 0.558. The summed E-state index contributed by atoms with van der Waals surface area (Å²) in [4.78, 5) is 18.4. The van der Waals surface area contributed by atoms with Crippen LogP contribution in [0.15, 0.2) is 11.8 Å². The molecule has 0 saturated carbocycles. The first kappa shape index (κ1) is 14.8. The maximum absolute atomic E-state index is 12.3. The van der Waals surface area contributed by atoms with Gasteiger partial charge in [0.2, 0.25) is 0 Å².